The Morgan fingerprint density at radius 2 is 1.11 bits per heavy atom. The molecule has 46 heavy (non-hydrogen) atoms. The van der Waals surface area contributed by atoms with Crippen molar-refractivity contribution < 1.29 is 29.0 Å². The minimum atomic E-state index is -0.792. The number of fused-ring (bicyclic) bond motifs is 1. The number of nitro benzene ring substituents is 2. The monoisotopic (exact) mass is 616 g/mol. The fourth-order valence-corrected chi connectivity index (χ4v) is 8.47. The molecule has 4 aliphatic carbocycles. The van der Waals surface area contributed by atoms with Crippen LogP contribution >= 0.6 is 0 Å². The Morgan fingerprint density at radius 3 is 1.67 bits per heavy atom. The highest BCUT2D eigenvalue weighted by Gasteiger charge is 2.67. The molecule has 0 spiro atoms. The van der Waals surface area contributed by atoms with Gasteiger partial charge in [-0.15, -0.1) is 0 Å². The van der Waals surface area contributed by atoms with Crippen LogP contribution < -0.4 is 9.80 Å². The van der Waals surface area contributed by atoms with Crippen LogP contribution in [0.5, 0.6) is 0 Å². The Balaban J connectivity index is 1.24. The van der Waals surface area contributed by atoms with E-state index in [2.05, 4.69) is 0 Å². The number of hydrogen-bond acceptors (Lipinski definition) is 8. The van der Waals surface area contributed by atoms with Crippen molar-refractivity contribution in [3.63, 3.8) is 0 Å². The number of nitrogens with zero attached hydrogens (tertiary/aromatic N) is 4. The molecule has 3 aromatic rings. The lowest BCUT2D eigenvalue weighted by Crippen LogP contribution is -2.51. The zero-order valence-corrected chi connectivity index (χ0v) is 24.0. The van der Waals surface area contributed by atoms with Gasteiger partial charge in [0, 0.05) is 36.1 Å². The molecular formula is C34H24N4O8. The Hall–Kier alpha value is -5.78. The maximum atomic E-state index is 14.3. The number of non-ortho nitro benzene ring substituents is 2. The van der Waals surface area contributed by atoms with Gasteiger partial charge in [0.05, 0.1) is 44.9 Å². The Bertz CT molecular complexity index is 1950. The van der Waals surface area contributed by atoms with Crippen molar-refractivity contribution in [2.24, 2.45) is 41.4 Å². The molecule has 0 N–H and O–H groups in total. The molecule has 3 aromatic carbocycles. The number of benzene rings is 3. The van der Waals surface area contributed by atoms with Gasteiger partial charge in [-0.1, -0.05) is 48.1 Å². The van der Waals surface area contributed by atoms with Gasteiger partial charge in [-0.3, -0.25) is 44.3 Å². The molecular weight excluding hydrogens is 592 g/mol. The van der Waals surface area contributed by atoms with Gasteiger partial charge in [-0.25, -0.2) is 4.90 Å². The molecule has 6 aliphatic rings. The first-order valence-electron chi connectivity index (χ1n) is 14.9. The van der Waals surface area contributed by atoms with Crippen LogP contribution in [0.1, 0.15) is 12.0 Å². The Labute approximate surface area is 260 Å². The predicted octanol–water partition coefficient (Wildman–Crippen LogP) is 4.70. The van der Waals surface area contributed by atoms with E-state index in [1.54, 1.807) is 0 Å². The van der Waals surface area contributed by atoms with E-state index in [0.29, 0.717) is 0 Å². The Morgan fingerprint density at radius 1 is 0.587 bits per heavy atom. The average Bonchev–Trinajstić information content (AvgIpc) is 3.50. The molecule has 12 nitrogen and oxygen atoms in total. The summed E-state index contributed by atoms with van der Waals surface area (Å²) in [5.41, 5.74) is 2.78. The summed E-state index contributed by atoms with van der Waals surface area (Å²) in [6, 6.07) is 20.1. The second-order valence-corrected chi connectivity index (χ2v) is 12.3. The third kappa shape index (κ3) is 3.73. The molecule has 2 aliphatic heterocycles. The van der Waals surface area contributed by atoms with Gasteiger partial charge in [0.15, 0.2) is 0 Å². The number of amides is 4. The summed E-state index contributed by atoms with van der Waals surface area (Å²) in [5, 5.41) is 22.4. The highest BCUT2D eigenvalue weighted by molar-refractivity contribution is 6.24. The van der Waals surface area contributed by atoms with Crippen LogP contribution in [0.4, 0.5) is 22.7 Å². The molecule has 2 bridgehead atoms. The molecule has 2 heterocycles. The minimum Gasteiger partial charge on any atom is -0.274 e. The molecule has 0 unspecified atom stereocenters. The molecule has 228 valence electrons. The first-order chi connectivity index (χ1) is 22.2. The number of carbonyl (C=O) groups is 4. The van der Waals surface area contributed by atoms with Crippen LogP contribution in [0, 0.1) is 61.7 Å². The van der Waals surface area contributed by atoms with E-state index >= 15 is 0 Å². The number of rotatable bonds is 5. The van der Waals surface area contributed by atoms with Gasteiger partial charge in [0.25, 0.3) is 11.4 Å². The van der Waals surface area contributed by atoms with Crippen LogP contribution in [0.15, 0.2) is 96.6 Å². The normalized spacial score (nSPS) is 29.3. The highest BCUT2D eigenvalue weighted by atomic mass is 16.6. The fourth-order valence-electron chi connectivity index (χ4n) is 8.47. The van der Waals surface area contributed by atoms with Crippen molar-refractivity contribution in [3.05, 3.63) is 122 Å². The van der Waals surface area contributed by atoms with E-state index in [9.17, 15) is 39.4 Å². The van der Waals surface area contributed by atoms with Gasteiger partial charge in [0.2, 0.25) is 23.6 Å². The second kappa shape index (κ2) is 9.86. The van der Waals surface area contributed by atoms with E-state index in [1.165, 1.54) is 48.5 Å². The van der Waals surface area contributed by atoms with Crippen molar-refractivity contribution in [1.29, 1.82) is 0 Å². The van der Waals surface area contributed by atoms with E-state index in [1.807, 2.05) is 42.5 Å². The van der Waals surface area contributed by atoms with Crippen molar-refractivity contribution in [2.75, 3.05) is 9.80 Å². The molecule has 0 aromatic heterocycles. The summed E-state index contributed by atoms with van der Waals surface area (Å²) in [6.07, 6.45) is 4.11. The van der Waals surface area contributed by atoms with Crippen molar-refractivity contribution >= 4 is 52.0 Å². The van der Waals surface area contributed by atoms with Crippen LogP contribution in [0.2, 0.25) is 0 Å². The summed E-state index contributed by atoms with van der Waals surface area (Å²) >= 11 is 0. The average molecular weight is 617 g/mol. The number of allylic oxidation sites excluding steroid dienone is 4. The van der Waals surface area contributed by atoms with E-state index in [0.717, 1.165) is 26.5 Å². The summed E-state index contributed by atoms with van der Waals surface area (Å²) in [4.78, 5) is 80.0. The van der Waals surface area contributed by atoms with Gasteiger partial charge >= 0.3 is 0 Å². The van der Waals surface area contributed by atoms with E-state index in [-0.39, 0.29) is 29.2 Å². The zero-order valence-electron chi connectivity index (χ0n) is 24.0. The first-order valence-corrected chi connectivity index (χ1v) is 14.9. The third-order valence-corrected chi connectivity index (χ3v) is 10.3. The summed E-state index contributed by atoms with van der Waals surface area (Å²) in [5.74, 6) is -6.26. The zero-order chi connectivity index (χ0) is 32.0. The summed E-state index contributed by atoms with van der Waals surface area (Å²) in [6.45, 7) is 0. The second-order valence-electron chi connectivity index (χ2n) is 12.3. The Kier molecular flexibility index (Phi) is 5.95. The molecule has 1 saturated carbocycles. The molecule has 7 atom stereocenters. The van der Waals surface area contributed by atoms with Crippen LogP contribution in [-0.2, 0) is 19.2 Å². The number of imide groups is 2. The van der Waals surface area contributed by atoms with Gasteiger partial charge in [0.1, 0.15) is 0 Å². The maximum absolute atomic E-state index is 14.3. The van der Waals surface area contributed by atoms with E-state index in [4.69, 9.17) is 0 Å². The standard InChI is InChI=1S/C34H24N4O8/c39-31-25-16-24(17-4-2-1-3-5-17)26-22-14-15-23(27(26)30(25)34(42)35(31)18-6-10-20(11-7-18)37(43)44)29-28(22)32(40)36(33(29)41)19-8-12-21(13-9-19)38(45)46/h1-15,22-23,25,27-30H,16H2/t22-,23-,25-,27+,28-,29+,30+/m1/s1. The van der Waals surface area contributed by atoms with Crippen LogP contribution in [-0.4, -0.2) is 33.5 Å². The van der Waals surface area contributed by atoms with Gasteiger partial charge in [-0.2, -0.15) is 0 Å². The molecule has 9 rings (SSSR count). The first kappa shape index (κ1) is 27.7. The highest BCUT2D eigenvalue weighted by Crippen LogP contribution is 2.63. The SMILES string of the molecule is O=C1[C@@H]2[C@@H]3C(=C(c4ccccc4)C[C@H]2C(=O)N1c1ccc([N+](=O)[O-])cc1)[C@H]1C=C[C@H]3[C@@H]2C(=O)N(c3ccc([N+](=O)[O-])cc3)C(=O)[C@@H]21. The van der Waals surface area contributed by atoms with Crippen molar-refractivity contribution in [1.82, 2.24) is 0 Å². The van der Waals surface area contributed by atoms with Crippen LogP contribution in [0.25, 0.3) is 5.57 Å². The molecule has 3 fully saturated rings. The lowest BCUT2D eigenvalue weighted by atomic mass is 9.49. The number of anilines is 2. The number of nitro groups is 2. The quantitative estimate of drug-likeness (QED) is 0.172. The van der Waals surface area contributed by atoms with Crippen LogP contribution in [0.3, 0.4) is 0 Å². The van der Waals surface area contributed by atoms with Gasteiger partial charge < -0.3 is 0 Å². The van der Waals surface area contributed by atoms with Crippen molar-refractivity contribution in [3.8, 4) is 0 Å². The maximum Gasteiger partial charge on any atom is 0.269 e. The molecule has 2 saturated heterocycles. The summed E-state index contributed by atoms with van der Waals surface area (Å²) < 4.78 is 0. The largest absolute Gasteiger partial charge is 0.274 e. The van der Waals surface area contributed by atoms with Gasteiger partial charge in [-0.05, 0) is 47.7 Å². The third-order valence-electron chi connectivity index (χ3n) is 10.3. The smallest absolute Gasteiger partial charge is 0.269 e. The molecule has 4 amide bonds. The predicted molar refractivity (Wildman–Crippen MR) is 163 cm³/mol. The number of carbonyl (C=O) groups excluding carboxylic acids is 4. The molecule has 0 radical (unpaired) electrons. The molecule has 12 heteroatoms. The summed E-state index contributed by atoms with van der Waals surface area (Å²) in [7, 11) is 0. The lowest BCUT2D eigenvalue weighted by molar-refractivity contribution is -0.385. The minimum absolute atomic E-state index is 0.168. The fraction of sp³-hybridized carbons (Fsp3) is 0.235. The van der Waals surface area contributed by atoms with Crippen molar-refractivity contribution in [2.45, 2.75) is 6.42 Å². The van der Waals surface area contributed by atoms with E-state index < -0.39 is 74.9 Å². The topological polar surface area (TPSA) is 161 Å². The number of hydrogen-bond donors (Lipinski definition) is 0. The lowest BCUT2D eigenvalue weighted by Gasteiger charge is -2.51.